The maximum absolute atomic E-state index is 12.8. The molecule has 4 aromatic rings. The molecule has 0 fully saturated rings. The van der Waals surface area contributed by atoms with E-state index in [0.29, 0.717) is 27.7 Å². The van der Waals surface area contributed by atoms with E-state index in [1.807, 2.05) is 36.6 Å². The van der Waals surface area contributed by atoms with Crippen LogP contribution in [0.15, 0.2) is 71.9 Å². The molecular weight excluding hydrogens is 436 g/mol. The lowest BCUT2D eigenvalue weighted by atomic mass is 10.1. The number of aromatic hydroxyl groups is 1. The highest BCUT2D eigenvalue weighted by Gasteiger charge is 2.35. The van der Waals surface area contributed by atoms with Crippen LogP contribution in [0.1, 0.15) is 31.8 Å². The number of carbonyl (C=O) groups is 2. The number of benzene rings is 3. The largest absolute Gasteiger partial charge is 0.507 e. The van der Waals surface area contributed by atoms with Crippen LogP contribution in [0.25, 0.3) is 17.1 Å². The first-order chi connectivity index (χ1) is 16.0. The molecule has 0 spiro atoms. The normalized spacial score (nSPS) is 13.0. The van der Waals surface area contributed by atoms with E-state index in [-0.39, 0.29) is 23.4 Å². The second-order valence-electron chi connectivity index (χ2n) is 7.81. The van der Waals surface area contributed by atoms with Gasteiger partial charge in [0.05, 0.1) is 28.3 Å². The summed E-state index contributed by atoms with van der Waals surface area (Å²) in [5.74, 6) is 0.0248. The van der Waals surface area contributed by atoms with Crippen molar-refractivity contribution in [2.45, 2.75) is 19.0 Å². The maximum atomic E-state index is 12.8. The Bertz CT molecular complexity index is 1380. The highest BCUT2D eigenvalue weighted by atomic mass is 32.2. The summed E-state index contributed by atoms with van der Waals surface area (Å²) < 4.78 is 1.85. The lowest BCUT2D eigenvalue weighted by Gasteiger charge is -2.16. The third kappa shape index (κ3) is 3.58. The minimum atomic E-state index is -0.318. The maximum Gasteiger partial charge on any atom is 0.262 e. The number of nitrogens with zero attached hydrogens (tertiary/aromatic N) is 4. The molecule has 0 saturated heterocycles. The van der Waals surface area contributed by atoms with E-state index in [1.165, 1.54) is 16.7 Å². The van der Waals surface area contributed by atoms with E-state index in [4.69, 9.17) is 0 Å². The van der Waals surface area contributed by atoms with Gasteiger partial charge in [-0.15, -0.1) is 10.2 Å². The Morgan fingerprint density at radius 1 is 0.848 bits per heavy atom. The zero-order valence-corrected chi connectivity index (χ0v) is 18.8. The molecular formula is C25H20N4O3S. The van der Waals surface area contributed by atoms with Crippen molar-refractivity contribution in [2.24, 2.45) is 0 Å². The third-order valence-corrected chi connectivity index (χ3v) is 6.48. The van der Waals surface area contributed by atoms with Gasteiger partial charge >= 0.3 is 0 Å². The number of phenolic OH excluding ortho intramolecular Hbond substituents is 1. The number of hydrogen-bond acceptors (Lipinski definition) is 6. The van der Waals surface area contributed by atoms with Gasteiger partial charge in [0.1, 0.15) is 5.75 Å². The molecule has 2 heterocycles. The Labute approximate surface area is 194 Å². The zero-order valence-electron chi connectivity index (χ0n) is 18.0. The second-order valence-corrected chi connectivity index (χ2v) is 8.72. The smallest absolute Gasteiger partial charge is 0.262 e. The predicted octanol–water partition coefficient (Wildman–Crippen LogP) is 4.60. The number of amides is 2. The molecule has 33 heavy (non-hydrogen) atoms. The van der Waals surface area contributed by atoms with Crippen molar-refractivity contribution in [3.8, 4) is 22.8 Å². The minimum absolute atomic E-state index is 0.0906. The van der Waals surface area contributed by atoms with Crippen molar-refractivity contribution in [3.05, 3.63) is 89.0 Å². The van der Waals surface area contributed by atoms with Crippen LogP contribution in [-0.4, -0.2) is 42.5 Å². The molecule has 5 rings (SSSR count). The van der Waals surface area contributed by atoms with Crippen molar-refractivity contribution in [1.82, 2.24) is 19.7 Å². The van der Waals surface area contributed by atoms with Crippen molar-refractivity contribution in [1.29, 1.82) is 0 Å². The van der Waals surface area contributed by atoms with Gasteiger partial charge < -0.3 is 5.11 Å². The van der Waals surface area contributed by atoms with Crippen molar-refractivity contribution in [2.75, 3.05) is 5.88 Å². The molecule has 8 heteroatoms. The number of rotatable bonds is 5. The Morgan fingerprint density at radius 2 is 1.48 bits per heavy atom. The molecule has 0 aliphatic carbocycles. The molecule has 0 bridgehead atoms. The number of hydrogen-bond donors (Lipinski definition) is 1. The molecule has 164 valence electrons. The van der Waals surface area contributed by atoms with Gasteiger partial charge in [0.2, 0.25) is 0 Å². The fraction of sp³-hybridized carbons (Fsp3) is 0.120. The first-order valence-electron chi connectivity index (χ1n) is 10.3. The summed E-state index contributed by atoms with van der Waals surface area (Å²) in [6.45, 7) is 4.01. The van der Waals surface area contributed by atoms with Crippen LogP contribution >= 0.6 is 11.8 Å². The lowest BCUT2D eigenvalue weighted by molar-refractivity contribution is 0.0684. The number of phenols is 1. The second kappa shape index (κ2) is 8.22. The van der Waals surface area contributed by atoms with Crippen molar-refractivity contribution < 1.29 is 14.7 Å². The monoisotopic (exact) mass is 456 g/mol. The fourth-order valence-electron chi connectivity index (χ4n) is 3.95. The van der Waals surface area contributed by atoms with Crippen LogP contribution in [0.5, 0.6) is 5.75 Å². The molecule has 1 aliphatic rings. The first kappa shape index (κ1) is 21.0. The van der Waals surface area contributed by atoms with Crippen LogP contribution in [-0.2, 0) is 0 Å². The van der Waals surface area contributed by atoms with Crippen LogP contribution < -0.4 is 0 Å². The Kier molecular flexibility index (Phi) is 5.22. The van der Waals surface area contributed by atoms with Gasteiger partial charge in [-0.3, -0.25) is 19.1 Å². The number of imide groups is 1. The summed E-state index contributed by atoms with van der Waals surface area (Å²) in [5, 5.41) is 19.7. The average Bonchev–Trinajstić information content (AvgIpc) is 3.32. The van der Waals surface area contributed by atoms with Crippen LogP contribution in [0.3, 0.4) is 0 Å². The summed E-state index contributed by atoms with van der Waals surface area (Å²) >= 11 is 1.24. The van der Waals surface area contributed by atoms with Crippen LogP contribution in [0, 0.1) is 13.8 Å². The quantitative estimate of drug-likeness (QED) is 0.349. The van der Waals surface area contributed by atoms with Crippen molar-refractivity contribution in [3.63, 3.8) is 0 Å². The van der Waals surface area contributed by atoms with Gasteiger partial charge in [-0.1, -0.05) is 53.7 Å². The standard InChI is InChI=1S/C25H20N4O3S/c1-15-11-12-20(16(2)13-15)29-22(19-9-5-6-10-21(19)30)26-27-25(29)33-14-28-23(31)17-7-3-4-8-18(17)24(28)32/h3-13,30H,14H2,1-2H3. The summed E-state index contributed by atoms with van der Waals surface area (Å²) in [4.78, 5) is 26.7. The summed E-state index contributed by atoms with van der Waals surface area (Å²) in [6, 6.07) is 19.8. The molecule has 1 aliphatic heterocycles. The van der Waals surface area contributed by atoms with Crippen molar-refractivity contribution >= 4 is 23.6 Å². The van der Waals surface area contributed by atoms with E-state index in [0.717, 1.165) is 16.8 Å². The summed E-state index contributed by atoms with van der Waals surface area (Å²) in [5.41, 5.74) is 4.34. The molecule has 1 N–H and O–H groups in total. The van der Waals surface area contributed by atoms with Gasteiger partial charge in [0, 0.05) is 0 Å². The zero-order chi connectivity index (χ0) is 23.1. The van der Waals surface area contributed by atoms with Gasteiger partial charge in [-0.05, 0) is 49.7 Å². The number of aromatic nitrogens is 3. The number of thioether (sulfide) groups is 1. The van der Waals surface area contributed by atoms with E-state index in [9.17, 15) is 14.7 Å². The van der Waals surface area contributed by atoms with Gasteiger partial charge in [0.25, 0.3) is 11.8 Å². The van der Waals surface area contributed by atoms with E-state index in [1.54, 1.807) is 42.5 Å². The lowest BCUT2D eigenvalue weighted by Crippen LogP contribution is -2.29. The summed E-state index contributed by atoms with van der Waals surface area (Å²) in [7, 11) is 0. The molecule has 0 atom stereocenters. The van der Waals surface area contributed by atoms with Gasteiger partial charge in [0.15, 0.2) is 11.0 Å². The molecule has 3 aromatic carbocycles. The molecule has 0 unspecified atom stereocenters. The molecule has 1 aromatic heterocycles. The average molecular weight is 457 g/mol. The molecule has 0 saturated carbocycles. The number of fused-ring (bicyclic) bond motifs is 1. The van der Waals surface area contributed by atoms with E-state index < -0.39 is 0 Å². The van der Waals surface area contributed by atoms with Gasteiger partial charge in [-0.2, -0.15) is 0 Å². The van der Waals surface area contributed by atoms with E-state index >= 15 is 0 Å². The summed E-state index contributed by atoms with van der Waals surface area (Å²) in [6.07, 6.45) is 0. The molecule has 7 nitrogen and oxygen atoms in total. The fourth-order valence-corrected chi connectivity index (χ4v) is 4.84. The predicted molar refractivity (Wildman–Crippen MR) is 126 cm³/mol. The van der Waals surface area contributed by atoms with Gasteiger partial charge in [-0.25, -0.2) is 0 Å². The molecule has 0 radical (unpaired) electrons. The number of para-hydroxylation sites is 1. The van der Waals surface area contributed by atoms with E-state index in [2.05, 4.69) is 16.3 Å². The Balaban J connectivity index is 1.54. The Hall–Kier alpha value is -3.91. The van der Waals surface area contributed by atoms with Crippen LogP contribution in [0.4, 0.5) is 0 Å². The Morgan fingerprint density at radius 3 is 2.12 bits per heavy atom. The first-order valence-corrected chi connectivity index (χ1v) is 11.3. The molecule has 2 amide bonds. The number of aryl methyl sites for hydroxylation is 2. The topological polar surface area (TPSA) is 88.3 Å². The SMILES string of the molecule is Cc1ccc(-n2c(SCN3C(=O)c4ccccc4C3=O)nnc2-c2ccccc2O)c(C)c1. The minimum Gasteiger partial charge on any atom is -0.507 e. The third-order valence-electron chi connectivity index (χ3n) is 5.57. The highest BCUT2D eigenvalue weighted by molar-refractivity contribution is 7.99. The highest BCUT2D eigenvalue weighted by Crippen LogP contribution is 2.34. The van der Waals surface area contributed by atoms with Crippen LogP contribution in [0.2, 0.25) is 0 Å². The number of carbonyl (C=O) groups excluding carboxylic acids is 2.